The summed E-state index contributed by atoms with van der Waals surface area (Å²) in [6.45, 7) is 1.25. The number of halogens is 6. The highest BCUT2D eigenvalue weighted by Gasteiger charge is 2.79. The summed E-state index contributed by atoms with van der Waals surface area (Å²) in [7, 11) is 0. The summed E-state index contributed by atoms with van der Waals surface area (Å²) in [5, 5.41) is 0.127. The fourth-order valence-corrected chi connectivity index (χ4v) is 4.85. The van der Waals surface area contributed by atoms with Crippen LogP contribution in [0.5, 0.6) is 0 Å². The summed E-state index contributed by atoms with van der Waals surface area (Å²) >= 11 is 37.0. The highest BCUT2D eigenvalue weighted by molar-refractivity contribution is 6.65. The van der Waals surface area contributed by atoms with Gasteiger partial charge in [-0.1, -0.05) is 46.4 Å². The molecule has 0 amide bonds. The number of carbonyl (C=O) groups is 1. The van der Waals surface area contributed by atoms with Crippen molar-refractivity contribution in [2.45, 2.75) is 33.5 Å². The molecule has 2 rings (SSSR count). The van der Waals surface area contributed by atoms with E-state index in [2.05, 4.69) is 0 Å². The molecule has 2 aliphatic carbocycles. The molecule has 0 radical (unpaired) electrons. The third-order valence-electron chi connectivity index (χ3n) is 3.03. The van der Waals surface area contributed by atoms with E-state index in [1.165, 1.54) is 6.92 Å². The summed E-state index contributed by atoms with van der Waals surface area (Å²) in [6, 6.07) is 0. The second-order valence-corrected chi connectivity index (χ2v) is 7.34. The minimum absolute atomic E-state index is 0.0262. The van der Waals surface area contributed by atoms with Crippen LogP contribution >= 0.6 is 69.6 Å². The summed E-state index contributed by atoms with van der Waals surface area (Å²) in [4.78, 5) is 8.17. The first-order valence-corrected chi connectivity index (χ1v) is 6.85. The Morgan fingerprint density at radius 3 is 2.12 bits per heavy atom. The van der Waals surface area contributed by atoms with Gasteiger partial charge in [0, 0.05) is 13.3 Å². The number of esters is 1. The highest BCUT2D eigenvalue weighted by Crippen LogP contribution is 2.72. The topological polar surface area (TPSA) is 26.3 Å². The number of alkyl halides is 4. The zero-order valence-corrected chi connectivity index (χ0v) is 12.9. The maximum absolute atomic E-state index is 11.0. The lowest BCUT2D eigenvalue weighted by Crippen LogP contribution is -2.46. The summed E-state index contributed by atoms with van der Waals surface area (Å²) in [5.41, 5.74) is 0. The van der Waals surface area contributed by atoms with E-state index < -0.39 is 26.2 Å². The molecule has 2 bridgehead atoms. The molecule has 0 aromatic rings. The van der Waals surface area contributed by atoms with Crippen LogP contribution in [0.2, 0.25) is 0 Å². The number of allylic oxidation sites excluding steroid dienone is 1. The van der Waals surface area contributed by atoms with Crippen molar-refractivity contribution < 1.29 is 9.53 Å². The van der Waals surface area contributed by atoms with Crippen LogP contribution in [0, 0.1) is 0 Å². The Bertz CT molecular complexity index is 433. The van der Waals surface area contributed by atoms with Crippen LogP contribution in [0.3, 0.4) is 0 Å². The molecule has 1 saturated carbocycles. The molecule has 96 valence electrons. The molecule has 2 nitrogen and oxygen atoms in total. The van der Waals surface area contributed by atoms with Crippen LogP contribution in [-0.4, -0.2) is 26.2 Å². The predicted octanol–water partition coefficient (Wildman–Crippen LogP) is 4.15. The minimum Gasteiger partial charge on any atom is -0.460 e. The summed E-state index contributed by atoms with van der Waals surface area (Å²) < 4.78 is 3.42. The van der Waals surface area contributed by atoms with Gasteiger partial charge in [0.05, 0.1) is 10.1 Å². The van der Waals surface area contributed by atoms with E-state index in [1.54, 1.807) is 0 Å². The first-order chi connectivity index (χ1) is 7.59. The van der Waals surface area contributed by atoms with Crippen LogP contribution in [-0.2, 0) is 9.53 Å². The lowest BCUT2D eigenvalue weighted by atomic mass is 10.0. The molecule has 0 spiro atoms. The van der Waals surface area contributed by atoms with Crippen molar-refractivity contribution in [3.8, 4) is 0 Å². The van der Waals surface area contributed by atoms with Crippen LogP contribution in [0.4, 0.5) is 0 Å². The first-order valence-electron chi connectivity index (χ1n) is 4.58. The van der Waals surface area contributed by atoms with Crippen LogP contribution in [0.25, 0.3) is 0 Å². The van der Waals surface area contributed by atoms with Gasteiger partial charge in [-0.2, -0.15) is 0 Å². The molecule has 2 aliphatic rings. The zero-order chi connectivity index (χ0) is 13.2. The maximum Gasteiger partial charge on any atom is 0.302 e. The lowest BCUT2D eigenvalue weighted by molar-refractivity contribution is -0.146. The average Bonchev–Trinajstić information content (AvgIpc) is 2.40. The molecule has 0 unspecified atom stereocenters. The van der Waals surface area contributed by atoms with E-state index in [0.29, 0.717) is 0 Å². The number of rotatable bonds is 1. The van der Waals surface area contributed by atoms with Gasteiger partial charge >= 0.3 is 5.97 Å². The van der Waals surface area contributed by atoms with E-state index in [1.807, 2.05) is 0 Å². The van der Waals surface area contributed by atoms with Gasteiger partial charge in [-0.15, -0.1) is 23.2 Å². The molecule has 0 aliphatic heterocycles. The fraction of sp³-hybridized carbons (Fsp3) is 0.667. The van der Waals surface area contributed by atoms with Crippen molar-refractivity contribution in [3.05, 3.63) is 10.1 Å². The number of fused-ring (bicyclic) bond motifs is 2. The second-order valence-electron chi connectivity index (χ2n) is 4.02. The molecule has 0 N–H and O–H groups in total. The molecule has 3 atom stereocenters. The third kappa shape index (κ3) is 1.52. The Balaban J connectivity index is 2.54. The standard InChI is InChI=1S/C9H6Cl6O2/c1-3(16)17-4-2-7(12)5(10)6(11)8(4,13)9(7,14)15/h4H,2H2,1H3/t4-,7-,8+/m1/s1. The van der Waals surface area contributed by atoms with Gasteiger partial charge in [-0.05, 0) is 0 Å². The Morgan fingerprint density at radius 2 is 1.76 bits per heavy atom. The smallest absolute Gasteiger partial charge is 0.302 e. The number of carbonyl (C=O) groups excluding carboxylic acids is 1. The van der Waals surface area contributed by atoms with Gasteiger partial charge in [0.2, 0.25) is 0 Å². The molecule has 17 heavy (non-hydrogen) atoms. The van der Waals surface area contributed by atoms with Gasteiger partial charge in [-0.25, -0.2) is 0 Å². The normalized spacial score (nSPS) is 43.1. The van der Waals surface area contributed by atoms with Crippen molar-refractivity contribution >= 4 is 75.6 Å². The van der Waals surface area contributed by atoms with E-state index in [4.69, 9.17) is 74.3 Å². The molecular formula is C9H6Cl6O2. The summed E-state index contributed by atoms with van der Waals surface area (Å²) in [5.74, 6) is -0.521. The Morgan fingerprint density at radius 1 is 1.24 bits per heavy atom. The van der Waals surface area contributed by atoms with Crippen LogP contribution < -0.4 is 0 Å². The monoisotopic (exact) mass is 356 g/mol. The van der Waals surface area contributed by atoms with Crippen molar-refractivity contribution in [3.63, 3.8) is 0 Å². The molecular weight excluding hydrogens is 353 g/mol. The SMILES string of the molecule is CC(=O)O[C@@H]1C[C@@]2(Cl)C(Cl)=C(Cl)[C@]1(Cl)C2(Cl)Cl. The van der Waals surface area contributed by atoms with E-state index >= 15 is 0 Å². The Kier molecular flexibility index (Phi) is 3.36. The van der Waals surface area contributed by atoms with Crippen molar-refractivity contribution in [2.24, 2.45) is 0 Å². The van der Waals surface area contributed by atoms with Gasteiger partial charge in [0.25, 0.3) is 0 Å². The van der Waals surface area contributed by atoms with Crippen LogP contribution in [0.1, 0.15) is 13.3 Å². The first kappa shape index (κ1) is 14.4. The van der Waals surface area contributed by atoms with Gasteiger partial charge < -0.3 is 4.74 Å². The molecule has 8 heteroatoms. The summed E-state index contributed by atoms with van der Waals surface area (Å²) in [6.07, 6.45) is -0.705. The maximum atomic E-state index is 11.0. The molecule has 1 fully saturated rings. The minimum atomic E-state index is -1.64. The van der Waals surface area contributed by atoms with Gasteiger partial charge in [-0.3, -0.25) is 4.79 Å². The average molecular weight is 359 g/mol. The van der Waals surface area contributed by atoms with Crippen LogP contribution in [0.15, 0.2) is 10.1 Å². The molecule has 0 aromatic heterocycles. The van der Waals surface area contributed by atoms with E-state index in [9.17, 15) is 4.79 Å². The molecule has 0 heterocycles. The van der Waals surface area contributed by atoms with E-state index in [0.717, 1.165) is 0 Å². The highest BCUT2D eigenvalue weighted by atomic mass is 35.5. The number of ether oxygens (including phenoxy) is 1. The van der Waals surface area contributed by atoms with Crippen molar-refractivity contribution in [1.29, 1.82) is 0 Å². The molecule has 0 saturated heterocycles. The second kappa shape index (κ2) is 3.97. The quantitative estimate of drug-likeness (QED) is 0.520. The van der Waals surface area contributed by atoms with E-state index in [-0.39, 0.29) is 16.5 Å². The largest absolute Gasteiger partial charge is 0.460 e. The Hall–Kier alpha value is 0.950. The fourth-order valence-electron chi connectivity index (χ4n) is 2.18. The number of hydrogen-bond donors (Lipinski definition) is 0. The third-order valence-corrected chi connectivity index (χ3v) is 7.29. The zero-order valence-electron chi connectivity index (χ0n) is 8.37. The lowest BCUT2D eigenvalue weighted by Gasteiger charge is -2.32. The van der Waals surface area contributed by atoms with Gasteiger partial charge in [0.1, 0.15) is 11.0 Å². The van der Waals surface area contributed by atoms with Crippen molar-refractivity contribution in [1.82, 2.24) is 0 Å². The Labute approximate surface area is 128 Å². The molecule has 0 aromatic carbocycles. The van der Waals surface area contributed by atoms with Crippen molar-refractivity contribution in [2.75, 3.05) is 0 Å². The van der Waals surface area contributed by atoms with Gasteiger partial charge in [0.15, 0.2) is 9.21 Å². The predicted molar refractivity (Wildman–Crippen MR) is 70.5 cm³/mol. The number of hydrogen-bond acceptors (Lipinski definition) is 2.